The summed E-state index contributed by atoms with van der Waals surface area (Å²) in [6.45, 7) is 2.19. The van der Waals surface area contributed by atoms with Crippen LogP contribution in [0.3, 0.4) is 0 Å². The van der Waals surface area contributed by atoms with E-state index in [2.05, 4.69) is 15.6 Å². The zero-order valence-corrected chi connectivity index (χ0v) is 16.5. The highest BCUT2D eigenvalue weighted by atomic mass is 16.5. The molecule has 1 atom stereocenters. The van der Waals surface area contributed by atoms with Crippen molar-refractivity contribution in [2.24, 2.45) is 0 Å². The summed E-state index contributed by atoms with van der Waals surface area (Å²) in [5.41, 5.74) is 1.76. The molecule has 0 spiro atoms. The SMILES string of the molecule is COc1ccccc1/C=C/CN1CCNC(=O)[C@H]1CC(=O)NCc1ccccn1. The van der Waals surface area contributed by atoms with E-state index >= 15 is 0 Å². The number of rotatable bonds is 8. The van der Waals surface area contributed by atoms with Gasteiger partial charge < -0.3 is 15.4 Å². The number of para-hydroxylation sites is 1. The fourth-order valence-electron chi connectivity index (χ4n) is 3.26. The van der Waals surface area contributed by atoms with Crippen molar-refractivity contribution in [3.05, 3.63) is 66.0 Å². The van der Waals surface area contributed by atoms with Crippen LogP contribution in [-0.4, -0.2) is 54.5 Å². The molecule has 0 radical (unpaired) electrons. The normalized spacial score (nSPS) is 17.1. The Balaban J connectivity index is 1.57. The van der Waals surface area contributed by atoms with E-state index in [1.54, 1.807) is 13.3 Å². The number of nitrogens with one attached hydrogen (secondary N) is 2. The zero-order chi connectivity index (χ0) is 20.5. The number of methoxy groups -OCH3 is 1. The molecule has 1 aliphatic heterocycles. The molecule has 7 nitrogen and oxygen atoms in total. The highest BCUT2D eigenvalue weighted by molar-refractivity contribution is 5.88. The number of piperazine rings is 1. The molecule has 1 aromatic heterocycles. The highest BCUT2D eigenvalue weighted by Crippen LogP contribution is 2.19. The molecule has 0 unspecified atom stereocenters. The van der Waals surface area contributed by atoms with Crippen LogP contribution in [-0.2, 0) is 16.1 Å². The van der Waals surface area contributed by atoms with Crippen LogP contribution in [0.5, 0.6) is 5.75 Å². The number of hydrogen-bond donors (Lipinski definition) is 2. The first kappa shape index (κ1) is 20.5. The Morgan fingerprint density at radius 2 is 2.14 bits per heavy atom. The number of nitrogens with zero attached hydrogens (tertiary/aromatic N) is 2. The minimum atomic E-state index is -0.491. The van der Waals surface area contributed by atoms with E-state index in [9.17, 15) is 9.59 Å². The van der Waals surface area contributed by atoms with E-state index in [0.29, 0.717) is 26.2 Å². The van der Waals surface area contributed by atoms with Crippen molar-refractivity contribution in [3.8, 4) is 5.75 Å². The van der Waals surface area contributed by atoms with Gasteiger partial charge in [0.25, 0.3) is 0 Å². The summed E-state index contributed by atoms with van der Waals surface area (Å²) in [5.74, 6) is 0.511. The van der Waals surface area contributed by atoms with E-state index in [1.807, 2.05) is 59.5 Å². The largest absolute Gasteiger partial charge is 0.496 e. The molecule has 0 aliphatic carbocycles. The van der Waals surface area contributed by atoms with E-state index in [-0.39, 0.29) is 18.2 Å². The van der Waals surface area contributed by atoms with Gasteiger partial charge in [-0.2, -0.15) is 0 Å². The summed E-state index contributed by atoms with van der Waals surface area (Å²) in [4.78, 5) is 30.9. The van der Waals surface area contributed by atoms with E-state index in [0.717, 1.165) is 17.0 Å². The topological polar surface area (TPSA) is 83.6 Å². The van der Waals surface area contributed by atoms with Crippen LogP contribution < -0.4 is 15.4 Å². The molecule has 0 bridgehead atoms. The van der Waals surface area contributed by atoms with E-state index in [1.165, 1.54) is 0 Å². The molecule has 1 fully saturated rings. The smallest absolute Gasteiger partial charge is 0.237 e. The molecule has 3 rings (SSSR count). The summed E-state index contributed by atoms with van der Waals surface area (Å²) >= 11 is 0. The number of carbonyl (C=O) groups is 2. The number of hydrogen-bond acceptors (Lipinski definition) is 5. The molecule has 7 heteroatoms. The number of benzene rings is 1. The van der Waals surface area contributed by atoms with Crippen LogP contribution in [0, 0.1) is 0 Å². The number of amides is 2. The minimum Gasteiger partial charge on any atom is -0.496 e. The maximum Gasteiger partial charge on any atom is 0.237 e. The molecule has 2 aromatic rings. The Morgan fingerprint density at radius 1 is 1.31 bits per heavy atom. The van der Waals surface area contributed by atoms with Crippen LogP contribution in [0.15, 0.2) is 54.7 Å². The lowest BCUT2D eigenvalue weighted by Crippen LogP contribution is -2.56. The van der Waals surface area contributed by atoms with Gasteiger partial charge in [0.2, 0.25) is 11.8 Å². The van der Waals surface area contributed by atoms with Crippen molar-refractivity contribution in [2.45, 2.75) is 19.0 Å². The molecule has 2 N–H and O–H groups in total. The molecule has 2 amide bonds. The first-order valence-electron chi connectivity index (χ1n) is 9.65. The van der Waals surface area contributed by atoms with Gasteiger partial charge in [0, 0.05) is 31.4 Å². The van der Waals surface area contributed by atoms with Gasteiger partial charge in [-0.3, -0.25) is 19.5 Å². The molecule has 2 heterocycles. The summed E-state index contributed by atoms with van der Waals surface area (Å²) in [6.07, 6.45) is 5.77. The van der Waals surface area contributed by atoms with Gasteiger partial charge in [-0.1, -0.05) is 36.4 Å². The average molecular weight is 394 g/mol. The van der Waals surface area contributed by atoms with Crippen molar-refractivity contribution in [3.63, 3.8) is 0 Å². The third-order valence-corrected chi connectivity index (χ3v) is 4.79. The number of pyridine rings is 1. The average Bonchev–Trinajstić information content (AvgIpc) is 2.75. The second-order valence-electron chi connectivity index (χ2n) is 6.75. The first-order valence-corrected chi connectivity index (χ1v) is 9.65. The predicted molar refractivity (Wildman–Crippen MR) is 111 cm³/mol. The van der Waals surface area contributed by atoms with Crippen LogP contribution in [0.4, 0.5) is 0 Å². The van der Waals surface area contributed by atoms with Gasteiger partial charge >= 0.3 is 0 Å². The van der Waals surface area contributed by atoms with Gasteiger partial charge in [0.05, 0.1) is 31.8 Å². The quantitative estimate of drug-likeness (QED) is 0.711. The molecule has 0 saturated carbocycles. The Bertz CT molecular complexity index is 854. The predicted octanol–water partition coefficient (Wildman–Crippen LogP) is 1.61. The number of aromatic nitrogens is 1. The highest BCUT2D eigenvalue weighted by Gasteiger charge is 2.30. The fourth-order valence-corrected chi connectivity index (χ4v) is 3.26. The molecule has 152 valence electrons. The molecule has 1 aliphatic rings. The van der Waals surface area contributed by atoms with Crippen molar-refractivity contribution >= 4 is 17.9 Å². The Hall–Kier alpha value is -3.19. The molecule has 29 heavy (non-hydrogen) atoms. The molecule has 1 saturated heterocycles. The first-order chi connectivity index (χ1) is 14.2. The monoisotopic (exact) mass is 394 g/mol. The van der Waals surface area contributed by atoms with Crippen LogP contribution in [0.1, 0.15) is 17.7 Å². The minimum absolute atomic E-state index is 0.112. The van der Waals surface area contributed by atoms with Crippen LogP contribution in [0.2, 0.25) is 0 Å². The lowest BCUT2D eigenvalue weighted by molar-refractivity contribution is -0.133. The number of ether oxygens (including phenoxy) is 1. The maximum atomic E-state index is 12.4. The second kappa shape index (κ2) is 10.4. The maximum absolute atomic E-state index is 12.4. The molecular formula is C22H26N4O3. The zero-order valence-electron chi connectivity index (χ0n) is 16.5. The van der Waals surface area contributed by atoms with E-state index in [4.69, 9.17) is 4.74 Å². The van der Waals surface area contributed by atoms with Gasteiger partial charge in [-0.15, -0.1) is 0 Å². The van der Waals surface area contributed by atoms with Gasteiger partial charge in [0.1, 0.15) is 5.75 Å². The van der Waals surface area contributed by atoms with Crippen molar-refractivity contribution in [1.29, 1.82) is 0 Å². The summed E-state index contributed by atoms with van der Waals surface area (Å²) in [5, 5.41) is 5.69. The summed E-state index contributed by atoms with van der Waals surface area (Å²) < 4.78 is 5.36. The Kier molecular flexibility index (Phi) is 7.35. The fraction of sp³-hybridized carbons (Fsp3) is 0.318. The van der Waals surface area contributed by atoms with Gasteiger partial charge in [-0.25, -0.2) is 0 Å². The van der Waals surface area contributed by atoms with Crippen LogP contribution >= 0.6 is 0 Å². The summed E-state index contributed by atoms with van der Waals surface area (Å²) in [6, 6.07) is 12.8. The Labute approximate surface area is 170 Å². The summed E-state index contributed by atoms with van der Waals surface area (Å²) in [7, 11) is 1.64. The van der Waals surface area contributed by atoms with E-state index < -0.39 is 6.04 Å². The third-order valence-electron chi connectivity index (χ3n) is 4.79. The van der Waals surface area contributed by atoms with Gasteiger partial charge in [0.15, 0.2) is 0 Å². The van der Waals surface area contributed by atoms with Crippen molar-refractivity contribution in [1.82, 2.24) is 20.5 Å². The standard InChI is InChI=1S/C22H26N4O3/c1-29-20-10-3-2-7-17(20)8-6-13-26-14-12-24-22(28)19(26)15-21(27)25-16-18-9-4-5-11-23-18/h2-11,19H,12-16H2,1H3,(H,24,28)(H,25,27)/b8-6+/t19-/m1/s1. The lowest BCUT2D eigenvalue weighted by atomic mass is 10.1. The molecule has 1 aromatic carbocycles. The Morgan fingerprint density at radius 3 is 2.93 bits per heavy atom. The van der Waals surface area contributed by atoms with Crippen molar-refractivity contribution < 1.29 is 14.3 Å². The van der Waals surface area contributed by atoms with Crippen LogP contribution in [0.25, 0.3) is 6.08 Å². The second-order valence-corrected chi connectivity index (χ2v) is 6.75. The lowest BCUT2D eigenvalue weighted by Gasteiger charge is -2.33. The number of carbonyl (C=O) groups excluding carboxylic acids is 2. The van der Waals surface area contributed by atoms with Crippen molar-refractivity contribution in [2.75, 3.05) is 26.7 Å². The third kappa shape index (κ3) is 5.89. The van der Waals surface area contributed by atoms with Gasteiger partial charge in [-0.05, 0) is 18.2 Å². The molecular weight excluding hydrogens is 368 g/mol.